The van der Waals surface area contributed by atoms with Crippen LogP contribution in [-0.4, -0.2) is 10.5 Å². The molecule has 4 rings (SSSR count). The maximum atomic E-state index is 13.4. The molecule has 0 fully saturated rings. The van der Waals surface area contributed by atoms with Crippen molar-refractivity contribution in [2.24, 2.45) is 7.05 Å². The fraction of sp³-hybridized carbons (Fsp3) is 0.192. The monoisotopic (exact) mass is 416 g/mol. The van der Waals surface area contributed by atoms with Crippen molar-refractivity contribution >= 4 is 28.4 Å². The Kier molecular flexibility index (Phi) is 5.65. The number of rotatable bonds is 5. The van der Waals surface area contributed by atoms with Gasteiger partial charge in [-0.25, -0.2) is 0 Å². The Balaban J connectivity index is 1.81. The van der Waals surface area contributed by atoms with Gasteiger partial charge in [0.1, 0.15) is 5.69 Å². The van der Waals surface area contributed by atoms with Crippen LogP contribution in [0.5, 0.6) is 0 Å². The molecule has 4 heteroatoms. The first-order chi connectivity index (χ1) is 14.5. The molecule has 0 saturated carbocycles. The third-order valence-electron chi connectivity index (χ3n) is 5.56. The van der Waals surface area contributed by atoms with Crippen LogP contribution < -0.4 is 5.32 Å². The normalized spacial score (nSPS) is 11.1. The van der Waals surface area contributed by atoms with Crippen LogP contribution in [0.1, 0.15) is 34.1 Å². The van der Waals surface area contributed by atoms with Crippen LogP contribution in [0.15, 0.2) is 66.7 Å². The number of halogens is 1. The fourth-order valence-electron chi connectivity index (χ4n) is 3.97. The highest BCUT2D eigenvalue weighted by Gasteiger charge is 2.22. The Morgan fingerprint density at radius 3 is 2.47 bits per heavy atom. The number of hydrogen-bond donors (Lipinski definition) is 1. The number of hydrogen-bond acceptors (Lipinski definition) is 1. The van der Waals surface area contributed by atoms with E-state index in [2.05, 4.69) is 49.5 Å². The van der Waals surface area contributed by atoms with Crippen LogP contribution >= 0.6 is 11.6 Å². The molecule has 3 aromatic carbocycles. The van der Waals surface area contributed by atoms with Crippen molar-refractivity contribution in [2.75, 3.05) is 0 Å². The lowest BCUT2D eigenvalue weighted by Gasteiger charge is -2.10. The molecule has 0 aliphatic carbocycles. The average molecular weight is 417 g/mol. The molecule has 0 aliphatic heterocycles. The van der Waals surface area contributed by atoms with Gasteiger partial charge in [-0.05, 0) is 54.3 Å². The first-order valence-corrected chi connectivity index (χ1v) is 10.6. The van der Waals surface area contributed by atoms with Gasteiger partial charge >= 0.3 is 0 Å². The molecule has 1 aromatic heterocycles. The molecule has 4 aromatic rings. The van der Waals surface area contributed by atoms with Crippen molar-refractivity contribution in [3.63, 3.8) is 0 Å². The molecule has 30 heavy (non-hydrogen) atoms. The quantitative estimate of drug-likeness (QED) is 0.407. The summed E-state index contributed by atoms with van der Waals surface area (Å²) in [6, 6.07) is 22.3. The Labute approximate surface area is 182 Å². The van der Waals surface area contributed by atoms with Crippen molar-refractivity contribution < 1.29 is 4.79 Å². The second kappa shape index (κ2) is 8.37. The zero-order valence-electron chi connectivity index (χ0n) is 17.5. The predicted octanol–water partition coefficient (Wildman–Crippen LogP) is 6.30. The maximum Gasteiger partial charge on any atom is 0.268 e. The summed E-state index contributed by atoms with van der Waals surface area (Å²) >= 11 is 6.12. The standard InChI is InChI=1S/C26H25ClN2O/c1-4-18-8-13-23-22(15-18)24(20-9-11-21(27)12-10-20)25(29(23)3)26(30)28-16-19-7-5-6-17(2)14-19/h5-15H,4,16H2,1-3H3,(H,28,30). The lowest BCUT2D eigenvalue weighted by atomic mass is 9.99. The van der Waals surface area contributed by atoms with Gasteiger partial charge in [0.15, 0.2) is 0 Å². The lowest BCUT2D eigenvalue weighted by molar-refractivity contribution is 0.0944. The highest BCUT2D eigenvalue weighted by atomic mass is 35.5. The number of benzene rings is 3. The minimum atomic E-state index is -0.0850. The summed E-state index contributed by atoms with van der Waals surface area (Å²) in [7, 11) is 1.95. The van der Waals surface area contributed by atoms with Gasteiger partial charge in [-0.2, -0.15) is 0 Å². The highest BCUT2D eigenvalue weighted by Crippen LogP contribution is 2.35. The second-order valence-electron chi connectivity index (χ2n) is 7.67. The van der Waals surface area contributed by atoms with Crippen LogP contribution in [0.25, 0.3) is 22.0 Å². The molecule has 1 heterocycles. The van der Waals surface area contributed by atoms with E-state index in [1.807, 2.05) is 48.0 Å². The van der Waals surface area contributed by atoms with E-state index in [1.54, 1.807) is 0 Å². The Morgan fingerprint density at radius 1 is 1.00 bits per heavy atom. The summed E-state index contributed by atoms with van der Waals surface area (Å²) in [5.41, 5.74) is 7.14. The first-order valence-electron chi connectivity index (χ1n) is 10.2. The number of carbonyl (C=O) groups is 1. The Hall–Kier alpha value is -3.04. The third-order valence-corrected chi connectivity index (χ3v) is 5.81. The molecular formula is C26H25ClN2O. The van der Waals surface area contributed by atoms with Gasteiger partial charge in [-0.3, -0.25) is 4.79 Å². The van der Waals surface area contributed by atoms with Crippen LogP contribution in [0.3, 0.4) is 0 Å². The van der Waals surface area contributed by atoms with Crippen molar-refractivity contribution in [2.45, 2.75) is 26.8 Å². The smallest absolute Gasteiger partial charge is 0.268 e. The summed E-state index contributed by atoms with van der Waals surface area (Å²) in [5, 5.41) is 4.87. The summed E-state index contributed by atoms with van der Waals surface area (Å²) in [5.74, 6) is -0.0850. The molecule has 0 spiro atoms. The van der Waals surface area contributed by atoms with Crippen molar-refractivity contribution in [3.05, 3.63) is 94.1 Å². The minimum Gasteiger partial charge on any atom is -0.347 e. The van der Waals surface area contributed by atoms with E-state index in [0.717, 1.165) is 34.0 Å². The zero-order chi connectivity index (χ0) is 21.3. The summed E-state index contributed by atoms with van der Waals surface area (Å²) in [6.07, 6.45) is 0.944. The van der Waals surface area contributed by atoms with E-state index in [4.69, 9.17) is 11.6 Å². The average Bonchev–Trinajstić information content (AvgIpc) is 3.04. The number of aromatic nitrogens is 1. The minimum absolute atomic E-state index is 0.0850. The van der Waals surface area contributed by atoms with E-state index >= 15 is 0 Å². The van der Waals surface area contributed by atoms with Gasteiger partial charge in [0.2, 0.25) is 0 Å². The third kappa shape index (κ3) is 3.86. The fourth-order valence-corrected chi connectivity index (χ4v) is 4.10. The molecule has 0 unspecified atom stereocenters. The van der Waals surface area contributed by atoms with Gasteiger partial charge in [-0.15, -0.1) is 0 Å². The zero-order valence-corrected chi connectivity index (χ0v) is 18.3. The van der Waals surface area contributed by atoms with E-state index in [1.165, 1.54) is 11.1 Å². The molecule has 0 radical (unpaired) electrons. The molecule has 3 nitrogen and oxygen atoms in total. The largest absolute Gasteiger partial charge is 0.347 e. The molecule has 152 valence electrons. The number of carbonyl (C=O) groups excluding carboxylic acids is 1. The molecular weight excluding hydrogens is 392 g/mol. The van der Waals surface area contributed by atoms with E-state index in [-0.39, 0.29) is 5.91 Å². The lowest BCUT2D eigenvalue weighted by Crippen LogP contribution is -2.25. The van der Waals surface area contributed by atoms with Crippen molar-refractivity contribution in [3.8, 4) is 11.1 Å². The molecule has 0 bridgehead atoms. The van der Waals surface area contributed by atoms with Crippen LogP contribution in [-0.2, 0) is 20.0 Å². The topological polar surface area (TPSA) is 34.0 Å². The molecule has 0 atom stereocenters. The predicted molar refractivity (Wildman–Crippen MR) is 125 cm³/mol. The van der Waals surface area contributed by atoms with Gasteiger partial charge in [-0.1, -0.05) is 66.6 Å². The first kappa shape index (κ1) is 20.2. The van der Waals surface area contributed by atoms with Gasteiger partial charge < -0.3 is 9.88 Å². The SMILES string of the molecule is CCc1ccc2c(c1)c(-c1ccc(Cl)cc1)c(C(=O)NCc1cccc(C)c1)n2C. The maximum absolute atomic E-state index is 13.4. The second-order valence-corrected chi connectivity index (χ2v) is 8.10. The number of nitrogens with one attached hydrogen (secondary N) is 1. The summed E-state index contributed by atoms with van der Waals surface area (Å²) in [6.45, 7) is 4.68. The number of fused-ring (bicyclic) bond motifs is 1. The van der Waals surface area contributed by atoms with E-state index in [9.17, 15) is 4.79 Å². The van der Waals surface area contributed by atoms with E-state index in [0.29, 0.717) is 17.3 Å². The molecule has 0 saturated heterocycles. The molecule has 1 amide bonds. The summed E-state index contributed by atoms with van der Waals surface area (Å²) < 4.78 is 1.99. The molecule has 1 N–H and O–H groups in total. The number of aryl methyl sites for hydroxylation is 3. The van der Waals surface area contributed by atoms with Gasteiger partial charge in [0, 0.05) is 35.1 Å². The Bertz CT molecular complexity index is 1220. The van der Waals surface area contributed by atoms with Crippen molar-refractivity contribution in [1.82, 2.24) is 9.88 Å². The van der Waals surface area contributed by atoms with Crippen LogP contribution in [0, 0.1) is 6.92 Å². The van der Waals surface area contributed by atoms with Crippen LogP contribution in [0.2, 0.25) is 5.02 Å². The molecule has 0 aliphatic rings. The Morgan fingerprint density at radius 2 is 1.77 bits per heavy atom. The summed E-state index contributed by atoms with van der Waals surface area (Å²) in [4.78, 5) is 13.4. The van der Waals surface area contributed by atoms with Crippen LogP contribution in [0.4, 0.5) is 0 Å². The van der Waals surface area contributed by atoms with Crippen molar-refractivity contribution in [1.29, 1.82) is 0 Å². The van der Waals surface area contributed by atoms with E-state index < -0.39 is 0 Å². The highest BCUT2D eigenvalue weighted by molar-refractivity contribution is 6.30. The van der Waals surface area contributed by atoms with Gasteiger partial charge in [0.05, 0.1) is 0 Å². The van der Waals surface area contributed by atoms with Gasteiger partial charge in [0.25, 0.3) is 5.91 Å². The number of nitrogens with zero attached hydrogens (tertiary/aromatic N) is 1. The number of amides is 1.